The molecule has 3 atom stereocenters. The molecule has 82 valence electrons. The summed E-state index contributed by atoms with van der Waals surface area (Å²) in [6.45, 7) is 2.55. The van der Waals surface area contributed by atoms with E-state index in [0.29, 0.717) is 18.1 Å². The van der Waals surface area contributed by atoms with Crippen LogP contribution in [0.1, 0.15) is 32.1 Å². The Labute approximate surface area is 85.9 Å². The molecule has 2 N–H and O–H groups in total. The molecule has 1 aliphatic heterocycles. The molecule has 3 nitrogen and oxygen atoms in total. The third-order valence-electron chi connectivity index (χ3n) is 3.28. The fourth-order valence-electron chi connectivity index (χ4n) is 2.40. The topological polar surface area (TPSA) is 44.5 Å². The summed E-state index contributed by atoms with van der Waals surface area (Å²) in [6.07, 6.45) is 6.33. The van der Waals surface area contributed by atoms with Gasteiger partial charge in [0.25, 0.3) is 0 Å². The second-order valence-corrected chi connectivity index (χ2v) is 4.61. The Hall–Kier alpha value is -0.120. The molecule has 3 unspecified atom stereocenters. The number of hydrogen-bond acceptors (Lipinski definition) is 3. The normalized spacial score (nSPS) is 38.8. The van der Waals surface area contributed by atoms with Crippen LogP contribution >= 0.6 is 0 Å². The third-order valence-corrected chi connectivity index (χ3v) is 3.28. The number of ether oxygens (including phenoxy) is 2. The average molecular weight is 199 g/mol. The van der Waals surface area contributed by atoms with E-state index in [1.165, 1.54) is 19.3 Å². The van der Waals surface area contributed by atoms with Crippen molar-refractivity contribution < 1.29 is 9.47 Å². The van der Waals surface area contributed by atoms with E-state index >= 15 is 0 Å². The summed E-state index contributed by atoms with van der Waals surface area (Å²) < 4.78 is 11.1. The maximum atomic E-state index is 5.93. The van der Waals surface area contributed by atoms with Crippen molar-refractivity contribution in [2.75, 3.05) is 19.8 Å². The molecule has 0 radical (unpaired) electrons. The lowest BCUT2D eigenvalue weighted by atomic mass is 9.87. The maximum absolute atomic E-state index is 5.93. The third kappa shape index (κ3) is 2.94. The van der Waals surface area contributed by atoms with Crippen molar-refractivity contribution in [3.05, 3.63) is 0 Å². The van der Waals surface area contributed by atoms with Crippen molar-refractivity contribution in [1.82, 2.24) is 0 Å². The van der Waals surface area contributed by atoms with Crippen molar-refractivity contribution in [3.8, 4) is 0 Å². The first-order valence-electron chi connectivity index (χ1n) is 5.79. The SMILES string of the molecule is NC1CCCC(COC2CCOC2)C1. The molecule has 0 amide bonds. The van der Waals surface area contributed by atoms with Crippen molar-refractivity contribution in [2.24, 2.45) is 11.7 Å². The van der Waals surface area contributed by atoms with Crippen LogP contribution in [0.4, 0.5) is 0 Å². The van der Waals surface area contributed by atoms with E-state index in [2.05, 4.69) is 0 Å². The van der Waals surface area contributed by atoms with E-state index in [-0.39, 0.29) is 0 Å². The summed E-state index contributed by atoms with van der Waals surface area (Å²) in [5.41, 5.74) is 5.93. The van der Waals surface area contributed by atoms with Gasteiger partial charge < -0.3 is 15.2 Å². The molecule has 3 heteroatoms. The van der Waals surface area contributed by atoms with Crippen molar-refractivity contribution in [1.29, 1.82) is 0 Å². The molecular weight excluding hydrogens is 178 g/mol. The summed E-state index contributed by atoms with van der Waals surface area (Å²) in [5, 5.41) is 0. The number of nitrogens with two attached hydrogens (primary N) is 1. The summed E-state index contributed by atoms with van der Waals surface area (Å²) in [4.78, 5) is 0. The van der Waals surface area contributed by atoms with Crippen LogP contribution in [0.25, 0.3) is 0 Å². The van der Waals surface area contributed by atoms with Crippen LogP contribution in [0.3, 0.4) is 0 Å². The van der Waals surface area contributed by atoms with Crippen LogP contribution in [-0.2, 0) is 9.47 Å². The standard InChI is InChI=1S/C11H21NO2/c12-10-3-1-2-9(6-10)7-14-11-4-5-13-8-11/h9-11H,1-8,12H2. The Kier molecular flexibility index (Phi) is 3.79. The minimum atomic E-state index is 0.355. The van der Waals surface area contributed by atoms with E-state index in [1.54, 1.807) is 0 Å². The van der Waals surface area contributed by atoms with Crippen LogP contribution < -0.4 is 5.73 Å². The molecule has 2 rings (SSSR count). The second-order valence-electron chi connectivity index (χ2n) is 4.61. The van der Waals surface area contributed by atoms with Gasteiger partial charge in [-0.05, 0) is 31.6 Å². The lowest BCUT2D eigenvalue weighted by Crippen LogP contribution is -2.31. The molecule has 0 bridgehead atoms. The van der Waals surface area contributed by atoms with Gasteiger partial charge in [-0.2, -0.15) is 0 Å². The molecule has 1 aliphatic carbocycles. The molecule has 0 aromatic heterocycles. The molecule has 2 aliphatic rings. The monoisotopic (exact) mass is 199 g/mol. The molecular formula is C11H21NO2. The zero-order valence-corrected chi connectivity index (χ0v) is 8.78. The summed E-state index contributed by atoms with van der Waals surface area (Å²) in [5.74, 6) is 0.694. The fourth-order valence-corrected chi connectivity index (χ4v) is 2.40. The summed E-state index contributed by atoms with van der Waals surface area (Å²) in [6, 6.07) is 0.414. The Balaban J connectivity index is 1.64. The van der Waals surface area contributed by atoms with Crippen LogP contribution in [0.5, 0.6) is 0 Å². The second kappa shape index (κ2) is 5.10. The van der Waals surface area contributed by atoms with E-state index < -0.39 is 0 Å². The predicted molar refractivity (Wildman–Crippen MR) is 55.1 cm³/mol. The molecule has 1 saturated carbocycles. The van der Waals surface area contributed by atoms with Crippen LogP contribution in [0.2, 0.25) is 0 Å². The summed E-state index contributed by atoms with van der Waals surface area (Å²) in [7, 11) is 0. The van der Waals surface area contributed by atoms with E-state index in [4.69, 9.17) is 15.2 Å². The minimum Gasteiger partial charge on any atom is -0.379 e. The van der Waals surface area contributed by atoms with Gasteiger partial charge in [-0.1, -0.05) is 6.42 Å². The fraction of sp³-hybridized carbons (Fsp3) is 1.00. The van der Waals surface area contributed by atoms with Gasteiger partial charge in [0.2, 0.25) is 0 Å². The van der Waals surface area contributed by atoms with Crippen molar-refractivity contribution >= 4 is 0 Å². The molecule has 0 aromatic carbocycles. The van der Waals surface area contributed by atoms with Gasteiger partial charge in [-0.15, -0.1) is 0 Å². The Bertz CT molecular complexity index is 169. The molecule has 0 spiro atoms. The predicted octanol–water partition coefficient (Wildman–Crippen LogP) is 1.31. The molecule has 2 fully saturated rings. The number of hydrogen-bond donors (Lipinski definition) is 1. The van der Waals surface area contributed by atoms with Gasteiger partial charge in [-0.25, -0.2) is 0 Å². The lowest BCUT2D eigenvalue weighted by Gasteiger charge is -2.27. The highest BCUT2D eigenvalue weighted by molar-refractivity contribution is 4.75. The molecule has 0 aromatic rings. The lowest BCUT2D eigenvalue weighted by molar-refractivity contribution is 0.0133. The zero-order chi connectivity index (χ0) is 9.80. The van der Waals surface area contributed by atoms with Gasteiger partial charge in [-0.3, -0.25) is 0 Å². The highest BCUT2D eigenvalue weighted by atomic mass is 16.5. The van der Waals surface area contributed by atoms with E-state index in [1.807, 2.05) is 0 Å². The van der Waals surface area contributed by atoms with E-state index in [0.717, 1.165) is 32.7 Å². The van der Waals surface area contributed by atoms with Gasteiger partial charge in [0.05, 0.1) is 12.7 Å². The van der Waals surface area contributed by atoms with Crippen LogP contribution in [0, 0.1) is 5.92 Å². The van der Waals surface area contributed by atoms with Gasteiger partial charge in [0.15, 0.2) is 0 Å². The highest BCUT2D eigenvalue weighted by Crippen LogP contribution is 2.24. The summed E-state index contributed by atoms with van der Waals surface area (Å²) >= 11 is 0. The molecule has 1 heterocycles. The van der Waals surface area contributed by atoms with Crippen molar-refractivity contribution in [3.63, 3.8) is 0 Å². The first-order chi connectivity index (χ1) is 6.84. The van der Waals surface area contributed by atoms with Crippen LogP contribution in [0.15, 0.2) is 0 Å². The van der Waals surface area contributed by atoms with Gasteiger partial charge >= 0.3 is 0 Å². The van der Waals surface area contributed by atoms with Crippen LogP contribution in [-0.4, -0.2) is 32.0 Å². The first kappa shape index (κ1) is 10.4. The van der Waals surface area contributed by atoms with E-state index in [9.17, 15) is 0 Å². The minimum absolute atomic E-state index is 0.355. The smallest absolute Gasteiger partial charge is 0.0830 e. The molecule has 14 heavy (non-hydrogen) atoms. The Morgan fingerprint density at radius 3 is 2.93 bits per heavy atom. The number of rotatable bonds is 3. The maximum Gasteiger partial charge on any atom is 0.0830 e. The quantitative estimate of drug-likeness (QED) is 0.745. The Morgan fingerprint density at radius 1 is 1.29 bits per heavy atom. The zero-order valence-electron chi connectivity index (χ0n) is 8.78. The largest absolute Gasteiger partial charge is 0.379 e. The van der Waals surface area contributed by atoms with Gasteiger partial charge in [0, 0.05) is 19.3 Å². The highest BCUT2D eigenvalue weighted by Gasteiger charge is 2.22. The average Bonchev–Trinajstić information content (AvgIpc) is 2.67. The Morgan fingerprint density at radius 2 is 2.21 bits per heavy atom. The first-order valence-corrected chi connectivity index (χ1v) is 5.79. The van der Waals surface area contributed by atoms with Crippen molar-refractivity contribution in [2.45, 2.75) is 44.2 Å². The molecule has 1 saturated heterocycles. The van der Waals surface area contributed by atoms with Gasteiger partial charge in [0.1, 0.15) is 0 Å².